The lowest BCUT2D eigenvalue weighted by Crippen LogP contribution is -2.46. The summed E-state index contributed by atoms with van der Waals surface area (Å²) < 4.78 is 1.01. The maximum atomic E-state index is 6.15. The van der Waals surface area contributed by atoms with Crippen molar-refractivity contribution in [3.05, 3.63) is 16.9 Å². The van der Waals surface area contributed by atoms with Gasteiger partial charge < -0.3 is 20.9 Å². The van der Waals surface area contributed by atoms with Gasteiger partial charge in [0, 0.05) is 31.5 Å². The monoisotopic (exact) mass is 365 g/mol. The highest BCUT2D eigenvalue weighted by molar-refractivity contribution is 9.10. The summed E-state index contributed by atoms with van der Waals surface area (Å²) in [5.41, 5.74) is 8.93. The molecule has 2 aromatic rings. The number of hydrogen-bond acceptors (Lipinski definition) is 4. The highest BCUT2D eigenvalue weighted by Gasteiger charge is 2.24. The number of aromatic amines is 1. The maximum Gasteiger partial charge on any atom is 0.141 e. The standard InChI is InChI=1S/C16H24BrN5/c1-10(2)6-19-11-4-3-5-22(9-11)15-12(17)7-20-16-14(15)13(18)8-21-16/h7-8,10-11,19H,3-6,9,18H2,1-2H3,(H,20,21)/t11-/m1/s1. The molecule has 4 N–H and O–H groups in total. The highest BCUT2D eigenvalue weighted by atomic mass is 79.9. The van der Waals surface area contributed by atoms with Crippen molar-refractivity contribution in [1.82, 2.24) is 15.3 Å². The van der Waals surface area contributed by atoms with Crippen LogP contribution in [0.15, 0.2) is 16.9 Å². The van der Waals surface area contributed by atoms with Crippen LogP contribution in [0.1, 0.15) is 26.7 Å². The minimum absolute atomic E-state index is 0.534. The maximum absolute atomic E-state index is 6.15. The van der Waals surface area contributed by atoms with Crippen LogP contribution in [0.25, 0.3) is 11.0 Å². The third-order valence-corrected chi connectivity index (χ3v) is 4.79. The van der Waals surface area contributed by atoms with Crippen LogP contribution in [-0.4, -0.2) is 35.6 Å². The normalized spacial score (nSPS) is 19.3. The zero-order chi connectivity index (χ0) is 15.7. The van der Waals surface area contributed by atoms with Crippen LogP contribution in [0.4, 0.5) is 11.4 Å². The van der Waals surface area contributed by atoms with Crippen LogP contribution in [0, 0.1) is 5.92 Å². The molecule has 1 atom stereocenters. The topological polar surface area (TPSA) is 70.0 Å². The van der Waals surface area contributed by atoms with Crippen molar-refractivity contribution < 1.29 is 0 Å². The van der Waals surface area contributed by atoms with Crippen molar-refractivity contribution in [3.63, 3.8) is 0 Å². The minimum atomic E-state index is 0.534. The molecule has 5 nitrogen and oxygen atoms in total. The van der Waals surface area contributed by atoms with Gasteiger partial charge in [0.25, 0.3) is 0 Å². The lowest BCUT2D eigenvalue weighted by Gasteiger charge is -2.36. The molecular weight excluding hydrogens is 342 g/mol. The average Bonchev–Trinajstić information content (AvgIpc) is 2.87. The molecule has 0 aromatic carbocycles. The molecular formula is C16H24BrN5. The summed E-state index contributed by atoms with van der Waals surface area (Å²) in [7, 11) is 0. The van der Waals surface area contributed by atoms with E-state index in [4.69, 9.17) is 5.73 Å². The number of halogens is 1. The van der Waals surface area contributed by atoms with E-state index >= 15 is 0 Å². The van der Waals surface area contributed by atoms with Gasteiger partial charge in [-0.15, -0.1) is 0 Å². The third kappa shape index (κ3) is 3.08. The first-order chi connectivity index (χ1) is 10.6. The number of pyridine rings is 1. The van der Waals surface area contributed by atoms with Crippen LogP contribution in [-0.2, 0) is 0 Å². The molecule has 0 aliphatic carbocycles. The molecule has 1 aliphatic heterocycles. The summed E-state index contributed by atoms with van der Waals surface area (Å²) in [4.78, 5) is 9.99. The summed E-state index contributed by atoms with van der Waals surface area (Å²) in [6, 6.07) is 0.534. The predicted molar refractivity (Wildman–Crippen MR) is 96.3 cm³/mol. The van der Waals surface area contributed by atoms with Crippen molar-refractivity contribution in [1.29, 1.82) is 0 Å². The molecule has 6 heteroatoms. The van der Waals surface area contributed by atoms with Crippen LogP contribution < -0.4 is 16.0 Å². The van der Waals surface area contributed by atoms with E-state index in [0.717, 1.165) is 40.8 Å². The molecule has 0 radical (unpaired) electrons. The Hall–Kier alpha value is -1.27. The van der Waals surface area contributed by atoms with Gasteiger partial charge in [0.05, 0.1) is 21.2 Å². The van der Waals surface area contributed by atoms with Gasteiger partial charge in [0.2, 0.25) is 0 Å². The number of hydrogen-bond donors (Lipinski definition) is 3. The molecule has 22 heavy (non-hydrogen) atoms. The van der Waals surface area contributed by atoms with E-state index in [-0.39, 0.29) is 0 Å². The van der Waals surface area contributed by atoms with E-state index in [9.17, 15) is 0 Å². The fraction of sp³-hybridized carbons (Fsp3) is 0.562. The Bertz CT molecular complexity index is 651. The number of H-pyrrole nitrogens is 1. The zero-order valence-corrected chi connectivity index (χ0v) is 14.8. The summed E-state index contributed by atoms with van der Waals surface area (Å²) in [6.07, 6.45) is 6.11. The quantitative estimate of drug-likeness (QED) is 0.778. The Labute approximate surface area is 139 Å². The molecule has 1 fully saturated rings. The smallest absolute Gasteiger partial charge is 0.141 e. The second kappa shape index (κ2) is 6.46. The van der Waals surface area contributed by atoms with Gasteiger partial charge in [-0.3, -0.25) is 0 Å². The molecule has 120 valence electrons. The molecule has 0 amide bonds. The van der Waals surface area contributed by atoms with Crippen LogP contribution in [0.3, 0.4) is 0 Å². The number of rotatable bonds is 4. The van der Waals surface area contributed by atoms with E-state index in [1.54, 1.807) is 0 Å². The SMILES string of the molecule is CC(C)CN[C@@H]1CCCN(c2c(Br)cnc3[nH]cc(N)c23)C1. The molecule has 0 bridgehead atoms. The van der Waals surface area contributed by atoms with Crippen LogP contribution >= 0.6 is 15.9 Å². The first-order valence-corrected chi connectivity index (χ1v) is 8.75. The molecule has 1 aliphatic rings. The average molecular weight is 366 g/mol. The largest absolute Gasteiger partial charge is 0.397 e. The lowest BCUT2D eigenvalue weighted by molar-refractivity contribution is 0.400. The molecule has 3 heterocycles. The van der Waals surface area contributed by atoms with E-state index in [2.05, 4.69) is 50.0 Å². The second-order valence-electron chi connectivity index (χ2n) is 6.51. The van der Waals surface area contributed by atoms with E-state index in [0.29, 0.717) is 12.0 Å². The first-order valence-electron chi connectivity index (χ1n) is 7.95. The lowest BCUT2D eigenvalue weighted by atomic mass is 10.0. The minimum Gasteiger partial charge on any atom is -0.397 e. The summed E-state index contributed by atoms with van der Waals surface area (Å²) in [6.45, 7) is 7.63. The Balaban J connectivity index is 1.87. The second-order valence-corrected chi connectivity index (χ2v) is 7.36. The molecule has 3 rings (SSSR count). The molecule has 2 aromatic heterocycles. The Morgan fingerprint density at radius 2 is 2.36 bits per heavy atom. The van der Waals surface area contributed by atoms with Gasteiger partial charge in [-0.1, -0.05) is 13.8 Å². The predicted octanol–water partition coefficient (Wildman–Crippen LogP) is 3.12. The van der Waals surface area contributed by atoms with E-state index in [1.165, 1.54) is 18.5 Å². The van der Waals surface area contributed by atoms with E-state index in [1.807, 2.05) is 12.4 Å². The number of fused-ring (bicyclic) bond motifs is 1. The van der Waals surface area contributed by atoms with Gasteiger partial charge in [-0.05, 0) is 41.2 Å². The number of anilines is 2. The van der Waals surface area contributed by atoms with Gasteiger partial charge in [0.1, 0.15) is 5.65 Å². The molecule has 0 saturated carbocycles. The zero-order valence-electron chi connectivity index (χ0n) is 13.2. The number of aromatic nitrogens is 2. The number of nitrogens with zero attached hydrogens (tertiary/aromatic N) is 2. The first kappa shape index (κ1) is 15.6. The summed E-state index contributed by atoms with van der Waals surface area (Å²) in [5, 5.41) is 4.71. The molecule has 0 spiro atoms. The summed E-state index contributed by atoms with van der Waals surface area (Å²) >= 11 is 3.66. The molecule has 0 unspecified atom stereocenters. The number of nitrogen functional groups attached to an aromatic ring is 1. The van der Waals surface area contributed by atoms with Crippen molar-refractivity contribution in [3.8, 4) is 0 Å². The van der Waals surface area contributed by atoms with Crippen LogP contribution in [0.2, 0.25) is 0 Å². The fourth-order valence-electron chi connectivity index (χ4n) is 3.14. The highest BCUT2D eigenvalue weighted by Crippen LogP contribution is 2.37. The van der Waals surface area contributed by atoms with E-state index < -0.39 is 0 Å². The Kier molecular flexibility index (Phi) is 4.59. The van der Waals surface area contributed by atoms with Gasteiger partial charge in [-0.25, -0.2) is 4.98 Å². The Morgan fingerprint density at radius 1 is 1.55 bits per heavy atom. The van der Waals surface area contributed by atoms with Gasteiger partial charge >= 0.3 is 0 Å². The van der Waals surface area contributed by atoms with Crippen molar-refractivity contribution in [2.24, 2.45) is 5.92 Å². The van der Waals surface area contributed by atoms with Crippen molar-refractivity contribution in [2.45, 2.75) is 32.7 Å². The van der Waals surface area contributed by atoms with Gasteiger partial charge in [-0.2, -0.15) is 0 Å². The third-order valence-electron chi connectivity index (χ3n) is 4.21. The van der Waals surface area contributed by atoms with Gasteiger partial charge in [0.15, 0.2) is 0 Å². The number of piperidine rings is 1. The summed E-state index contributed by atoms with van der Waals surface area (Å²) in [5.74, 6) is 0.676. The van der Waals surface area contributed by atoms with Crippen molar-refractivity contribution in [2.75, 3.05) is 30.3 Å². The molecule has 1 saturated heterocycles. The number of nitrogens with two attached hydrogens (primary N) is 1. The fourth-order valence-corrected chi connectivity index (χ4v) is 3.69. The van der Waals surface area contributed by atoms with Crippen LogP contribution in [0.5, 0.6) is 0 Å². The Morgan fingerprint density at radius 3 is 3.14 bits per heavy atom. The number of nitrogens with one attached hydrogen (secondary N) is 2. The van der Waals surface area contributed by atoms with Crippen molar-refractivity contribution >= 4 is 38.3 Å².